The Labute approximate surface area is 144 Å². The molecule has 0 aliphatic carbocycles. The van der Waals surface area contributed by atoms with Gasteiger partial charge in [0.05, 0.1) is 10.9 Å². The monoisotopic (exact) mass is 342 g/mol. The van der Waals surface area contributed by atoms with Gasteiger partial charge in [-0.15, -0.1) is 0 Å². The first-order valence-electron chi connectivity index (χ1n) is 8.06. The Balaban J connectivity index is 1.96. The molecule has 0 spiro atoms. The Morgan fingerprint density at radius 2 is 2.00 bits per heavy atom. The van der Waals surface area contributed by atoms with E-state index in [0.717, 1.165) is 18.4 Å². The predicted octanol–water partition coefficient (Wildman–Crippen LogP) is 4.63. The summed E-state index contributed by atoms with van der Waals surface area (Å²) < 4.78 is 15.1. The second-order valence-electron chi connectivity index (χ2n) is 5.64. The van der Waals surface area contributed by atoms with Crippen LogP contribution in [0.2, 0.25) is 0 Å². The molecular weight excluding hydrogens is 323 g/mol. The lowest BCUT2D eigenvalue weighted by atomic mass is 10.2. The molecule has 24 heavy (non-hydrogen) atoms. The van der Waals surface area contributed by atoms with Gasteiger partial charge in [-0.2, -0.15) is 0 Å². The van der Waals surface area contributed by atoms with E-state index in [1.807, 2.05) is 30.3 Å². The Kier molecular flexibility index (Phi) is 5.30. The summed E-state index contributed by atoms with van der Waals surface area (Å²) >= 11 is 1.47. The molecule has 3 aromatic rings. The number of thioether (sulfide) groups is 1. The van der Waals surface area contributed by atoms with Gasteiger partial charge in [-0.25, -0.2) is 9.37 Å². The molecule has 3 nitrogen and oxygen atoms in total. The van der Waals surface area contributed by atoms with Crippen LogP contribution in [0.4, 0.5) is 4.39 Å². The van der Waals surface area contributed by atoms with Crippen molar-refractivity contribution < 1.29 is 4.39 Å². The zero-order valence-corrected chi connectivity index (χ0v) is 14.4. The van der Waals surface area contributed by atoms with Crippen LogP contribution < -0.4 is 5.56 Å². The van der Waals surface area contributed by atoms with E-state index in [4.69, 9.17) is 0 Å². The smallest absolute Gasteiger partial charge is 0.262 e. The van der Waals surface area contributed by atoms with Crippen LogP contribution in [-0.2, 0) is 12.3 Å². The standard InChI is InChI=1S/C19H19FN2OS/c1-2-3-11-22-18(23)16-9-4-5-10-17(16)21-19(22)24-13-14-7-6-8-15(20)12-14/h4-10,12H,2-3,11,13H2,1H3. The third-order valence-electron chi connectivity index (χ3n) is 3.82. The number of para-hydroxylation sites is 1. The molecule has 1 heterocycles. The van der Waals surface area contributed by atoms with Gasteiger partial charge in [0.1, 0.15) is 5.82 Å². The molecule has 0 N–H and O–H groups in total. The Morgan fingerprint density at radius 1 is 1.17 bits per heavy atom. The molecule has 0 unspecified atom stereocenters. The van der Waals surface area contributed by atoms with Crippen molar-refractivity contribution in [2.24, 2.45) is 0 Å². The van der Waals surface area contributed by atoms with Crippen LogP contribution in [0.25, 0.3) is 10.9 Å². The third kappa shape index (κ3) is 3.67. The number of nitrogens with zero attached hydrogens (tertiary/aromatic N) is 2. The van der Waals surface area contributed by atoms with Crippen LogP contribution in [0.1, 0.15) is 25.3 Å². The fourth-order valence-electron chi connectivity index (χ4n) is 2.55. The van der Waals surface area contributed by atoms with Crippen molar-refractivity contribution in [2.45, 2.75) is 37.2 Å². The van der Waals surface area contributed by atoms with Gasteiger partial charge in [0, 0.05) is 12.3 Å². The molecule has 0 bridgehead atoms. The Bertz CT molecular complexity index is 907. The zero-order valence-electron chi connectivity index (χ0n) is 13.5. The van der Waals surface area contributed by atoms with Crippen molar-refractivity contribution in [3.8, 4) is 0 Å². The number of aromatic nitrogens is 2. The second kappa shape index (κ2) is 7.62. The fourth-order valence-corrected chi connectivity index (χ4v) is 3.51. The predicted molar refractivity (Wildman–Crippen MR) is 96.9 cm³/mol. The highest BCUT2D eigenvalue weighted by Crippen LogP contribution is 2.22. The minimum atomic E-state index is -0.247. The molecule has 0 atom stereocenters. The van der Waals surface area contributed by atoms with E-state index in [-0.39, 0.29) is 11.4 Å². The largest absolute Gasteiger partial charge is 0.287 e. The minimum absolute atomic E-state index is 0.00390. The van der Waals surface area contributed by atoms with Crippen LogP contribution in [0.5, 0.6) is 0 Å². The number of hydrogen-bond acceptors (Lipinski definition) is 3. The van der Waals surface area contributed by atoms with Gasteiger partial charge < -0.3 is 0 Å². The summed E-state index contributed by atoms with van der Waals surface area (Å²) in [5.74, 6) is 0.331. The molecule has 0 aliphatic rings. The highest BCUT2D eigenvalue weighted by atomic mass is 32.2. The van der Waals surface area contributed by atoms with Gasteiger partial charge in [-0.3, -0.25) is 9.36 Å². The first kappa shape index (κ1) is 16.7. The van der Waals surface area contributed by atoms with Crippen molar-refractivity contribution in [3.63, 3.8) is 0 Å². The average molecular weight is 342 g/mol. The number of fused-ring (bicyclic) bond motifs is 1. The fraction of sp³-hybridized carbons (Fsp3) is 0.263. The van der Waals surface area contributed by atoms with E-state index >= 15 is 0 Å². The maximum atomic E-state index is 13.3. The first-order chi connectivity index (χ1) is 11.7. The molecular formula is C19H19FN2OS. The summed E-state index contributed by atoms with van der Waals surface area (Å²) in [4.78, 5) is 17.4. The molecule has 0 aliphatic heterocycles. The van der Waals surface area contributed by atoms with Crippen LogP contribution in [0, 0.1) is 5.82 Å². The van der Waals surface area contributed by atoms with Crippen LogP contribution in [0.15, 0.2) is 58.5 Å². The summed E-state index contributed by atoms with van der Waals surface area (Å²) in [5.41, 5.74) is 1.58. The number of unbranched alkanes of at least 4 members (excludes halogenated alkanes) is 1. The molecule has 5 heteroatoms. The topological polar surface area (TPSA) is 34.9 Å². The maximum absolute atomic E-state index is 13.3. The van der Waals surface area contributed by atoms with Gasteiger partial charge >= 0.3 is 0 Å². The van der Waals surface area contributed by atoms with E-state index in [1.165, 1.54) is 23.9 Å². The van der Waals surface area contributed by atoms with Gasteiger partial charge in [-0.1, -0.05) is 49.4 Å². The zero-order chi connectivity index (χ0) is 16.9. The average Bonchev–Trinajstić information content (AvgIpc) is 2.59. The quantitative estimate of drug-likeness (QED) is 0.484. The third-order valence-corrected chi connectivity index (χ3v) is 4.87. The minimum Gasteiger partial charge on any atom is -0.287 e. The molecule has 124 valence electrons. The van der Waals surface area contributed by atoms with Gasteiger partial charge in [-0.05, 0) is 36.2 Å². The summed E-state index contributed by atoms with van der Waals surface area (Å²) in [7, 11) is 0. The van der Waals surface area contributed by atoms with E-state index < -0.39 is 0 Å². The Hall–Kier alpha value is -2.14. The number of benzene rings is 2. The lowest BCUT2D eigenvalue weighted by Gasteiger charge is -2.12. The maximum Gasteiger partial charge on any atom is 0.262 e. The highest BCUT2D eigenvalue weighted by molar-refractivity contribution is 7.98. The van der Waals surface area contributed by atoms with Gasteiger partial charge in [0.2, 0.25) is 0 Å². The SMILES string of the molecule is CCCCn1c(SCc2cccc(F)c2)nc2ccccc2c1=O. The molecule has 0 saturated heterocycles. The summed E-state index contributed by atoms with van der Waals surface area (Å²) in [6.07, 6.45) is 1.93. The molecule has 0 amide bonds. The molecule has 0 fully saturated rings. The second-order valence-corrected chi connectivity index (χ2v) is 6.58. The first-order valence-corrected chi connectivity index (χ1v) is 9.04. The highest BCUT2D eigenvalue weighted by Gasteiger charge is 2.11. The van der Waals surface area contributed by atoms with Crippen LogP contribution >= 0.6 is 11.8 Å². The van der Waals surface area contributed by atoms with Crippen LogP contribution in [-0.4, -0.2) is 9.55 Å². The van der Waals surface area contributed by atoms with Crippen molar-refractivity contribution in [2.75, 3.05) is 0 Å². The molecule has 0 saturated carbocycles. The van der Waals surface area contributed by atoms with E-state index in [0.29, 0.717) is 28.4 Å². The normalized spacial score (nSPS) is 11.1. The van der Waals surface area contributed by atoms with Crippen molar-refractivity contribution in [3.05, 3.63) is 70.3 Å². The van der Waals surface area contributed by atoms with Crippen molar-refractivity contribution in [1.29, 1.82) is 0 Å². The van der Waals surface area contributed by atoms with E-state index in [2.05, 4.69) is 11.9 Å². The summed E-state index contributed by atoms with van der Waals surface area (Å²) in [6, 6.07) is 13.9. The van der Waals surface area contributed by atoms with Crippen molar-refractivity contribution in [1.82, 2.24) is 9.55 Å². The van der Waals surface area contributed by atoms with E-state index in [1.54, 1.807) is 10.6 Å². The number of rotatable bonds is 6. The molecule has 2 aromatic carbocycles. The number of hydrogen-bond donors (Lipinski definition) is 0. The molecule has 0 radical (unpaired) electrons. The molecule has 1 aromatic heterocycles. The lowest BCUT2D eigenvalue weighted by Crippen LogP contribution is -2.23. The van der Waals surface area contributed by atoms with E-state index in [9.17, 15) is 9.18 Å². The van der Waals surface area contributed by atoms with Crippen molar-refractivity contribution >= 4 is 22.7 Å². The van der Waals surface area contributed by atoms with Gasteiger partial charge in [0.15, 0.2) is 5.16 Å². The van der Waals surface area contributed by atoms with Crippen LogP contribution in [0.3, 0.4) is 0 Å². The number of halogens is 1. The van der Waals surface area contributed by atoms with Gasteiger partial charge in [0.25, 0.3) is 5.56 Å². The summed E-state index contributed by atoms with van der Waals surface area (Å²) in [5, 5.41) is 1.33. The lowest BCUT2D eigenvalue weighted by molar-refractivity contribution is 0.557. The summed E-state index contributed by atoms with van der Waals surface area (Å²) in [6.45, 7) is 2.75. The molecule has 3 rings (SSSR count). The Morgan fingerprint density at radius 3 is 2.79 bits per heavy atom.